The average molecular weight is 493 g/mol. The normalized spacial score (nSPS) is 11.2. The highest BCUT2D eigenvalue weighted by atomic mass is 32.2. The maximum atomic E-state index is 13.3. The van der Waals surface area contributed by atoms with Gasteiger partial charge in [-0.1, -0.05) is 42.5 Å². The summed E-state index contributed by atoms with van der Waals surface area (Å²) in [5.74, 6) is -0.190. The van der Waals surface area contributed by atoms with Crippen LogP contribution in [-0.4, -0.2) is 33.4 Å². The van der Waals surface area contributed by atoms with Crippen molar-refractivity contribution in [2.45, 2.75) is 11.3 Å². The number of sulfonamides is 1. The Morgan fingerprint density at radius 2 is 1.82 bits per heavy atom. The molecule has 0 saturated heterocycles. The van der Waals surface area contributed by atoms with Crippen LogP contribution < -0.4 is 14.9 Å². The zero-order chi connectivity index (χ0) is 24.3. The molecule has 174 valence electrons. The molecule has 0 spiro atoms. The lowest BCUT2D eigenvalue weighted by Crippen LogP contribution is -2.14. The van der Waals surface area contributed by atoms with Crippen LogP contribution in [0.25, 0.3) is 22.0 Å². The van der Waals surface area contributed by atoms with E-state index in [2.05, 4.69) is 21.6 Å². The van der Waals surface area contributed by atoms with Gasteiger partial charge in [-0.15, -0.1) is 17.9 Å². The van der Waals surface area contributed by atoms with E-state index in [1.165, 1.54) is 17.4 Å². The third-order valence-corrected chi connectivity index (χ3v) is 7.32. The highest BCUT2D eigenvalue weighted by Crippen LogP contribution is 2.32. The fourth-order valence-electron chi connectivity index (χ4n) is 3.61. The summed E-state index contributed by atoms with van der Waals surface area (Å²) in [6.07, 6.45) is 1.73. The molecular formula is C25H24N4O3S2. The Kier molecular flexibility index (Phi) is 6.67. The number of carbonyl (C=O) groups excluding carboxylic acids is 1. The number of carbonyl (C=O) groups is 1. The zero-order valence-electron chi connectivity index (χ0n) is 18.8. The molecule has 1 aromatic heterocycles. The van der Waals surface area contributed by atoms with Gasteiger partial charge in [-0.25, -0.2) is 13.4 Å². The number of hydrogen-bond acceptors (Lipinski definition) is 6. The lowest BCUT2D eigenvalue weighted by Gasteiger charge is -2.17. The van der Waals surface area contributed by atoms with Gasteiger partial charge in [0, 0.05) is 53.6 Å². The van der Waals surface area contributed by atoms with Crippen LogP contribution in [0.2, 0.25) is 0 Å². The smallest absolute Gasteiger partial charge is 0.262 e. The molecule has 3 aromatic carbocycles. The number of nitrogens with one attached hydrogen (secondary N) is 2. The third-order valence-electron chi connectivity index (χ3n) is 5.12. The molecule has 4 rings (SSSR count). The largest absolute Gasteiger partial charge is 0.377 e. The second-order valence-electron chi connectivity index (χ2n) is 7.79. The Morgan fingerprint density at radius 3 is 2.59 bits per heavy atom. The van der Waals surface area contributed by atoms with Crippen LogP contribution in [0.5, 0.6) is 0 Å². The van der Waals surface area contributed by atoms with Crippen molar-refractivity contribution >= 4 is 54.5 Å². The van der Waals surface area contributed by atoms with Crippen LogP contribution in [0.3, 0.4) is 0 Å². The number of amides is 1. The second-order valence-corrected chi connectivity index (χ2v) is 10.3. The van der Waals surface area contributed by atoms with Gasteiger partial charge in [-0.05, 0) is 24.3 Å². The summed E-state index contributed by atoms with van der Waals surface area (Å²) in [6.45, 7) is 3.55. The molecular weight excluding hydrogens is 468 g/mol. The molecule has 0 aliphatic rings. The molecule has 1 amide bonds. The monoisotopic (exact) mass is 492 g/mol. The molecule has 0 saturated carbocycles. The minimum absolute atomic E-state index is 0.190. The summed E-state index contributed by atoms with van der Waals surface area (Å²) < 4.78 is 29.4. The number of nitrogens with zero attached hydrogens (tertiary/aromatic N) is 2. The maximum Gasteiger partial charge on any atom is 0.262 e. The quantitative estimate of drug-likeness (QED) is 0.324. The number of anilines is 3. The SMILES string of the molecule is C=CCC(=O)Nc1nc(-c2cccc(NS(=O)(=O)c3cccc4c(N(C)C)cccc34)c2)cs1. The van der Waals surface area contributed by atoms with E-state index in [0.29, 0.717) is 21.9 Å². The third kappa shape index (κ3) is 4.95. The predicted octanol–water partition coefficient (Wildman–Crippen LogP) is 5.34. The van der Waals surface area contributed by atoms with Crippen LogP contribution in [0.15, 0.2) is 83.6 Å². The van der Waals surface area contributed by atoms with E-state index in [4.69, 9.17) is 0 Å². The van der Waals surface area contributed by atoms with Gasteiger partial charge in [-0.3, -0.25) is 9.52 Å². The van der Waals surface area contributed by atoms with Crippen molar-refractivity contribution in [1.82, 2.24) is 4.98 Å². The first kappa shape index (κ1) is 23.5. The van der Waals surface area contributed by atoms with Crippen molar-refractivity contribution < 1.29 is 13.2 Å². The van der Waals surface area contributed by atoms with Crippen LogP contribution in [0.4, 0.5) is 16.5 Å². The fourth-order valence-corrected chi connectivity index (χ4v) is 5.61. The Balaban J connectivity index is 1.63. The molecule has 0 radical (unpaired) electrons. The van der Waals surface area contributed by atoms with E-state index in [-0.39, 0.29) is 17.2 Å². The molecule has 0 atom stereocenters. The Labute approximate surface area is 202 Å². The molecule has 0 aliphatic heterocycles. The van der Waals surface area contributed by atoms with E-state index < -0.39 is 10.0 Å². The van der Waals surface area contributed by atoms with Crippen molar-refractivity contribution in [3.05, 3.63) is 78.7 Å². The minimum atomic E-state index is -3.85. The lowest BCUT2D eigenvalue weighted by molar-refractivity contribution is -0.115. The lowest BCUT2D eigenvalue weighted by atomic mass is 10.1. The van der Waals surface area contributed by atoms with Crippen LogP contribution in [0.1, 0.15) is 6.42 Å². The Hall–Kier alpha value is -3.69. The molecule has 4 aromatic rings. The molecule has 0 bridgehead atoms. The summed E-state index contributed by atoms with van der Waals surface area (Å²) in [7, 11) is -0.000936. The van der Waals surface area contributed by atoms with Crippen LogP contribution in [-0.2, 0) is 14.8 Å². The van der Waals surface area contributed by atoms with Crippen molar-refractivity contribution in [3.8, 4) is 11.3 Å². The first-order valence-corrected chi connectivity index (χ1v) is 12.8. The van der Waals surface area contributed by atoms with Crippen molar-refractivity contribution in [3.63, 3.8) is 0 Å². The molecule has 1 heterocycles. The standard InChI is InChI=1S/C25H24N4O3S2/c1-4-8-24(30)27-25-26-21(16-33-25)17-9-5-10-18(15-17)28-34(31,32)23-14-7-11-19-20(23)12-6-13-22(19)29(2)3/h4-7,9-16,28H,1,8H2,2-3H3,(H,26,27,30). The van der Waals surface area contributed by atoms with Crippen LogP contribution >= 0.6 is 11.3 Å². The van der Waals surface area contributed by atoms with Gasteiger partial charge >= 0.3 is 0 Å². The van der Waals surface area contributed by atoms with Gasteiger partial charge in [0.15, 0.2) is 5.13 Å². The highest BCUT2D eigenvalue weighted by molar-refractivity contribution is 7.93. The summed E-state index contributed by atoms with van der Waals surface area (Å²) in [4.78, 5) is 18.4. The molecule has 2 N–H and O–H groups in total. The molecule has 0 unspecified atom stereocenters. The van der Waals surface area contributed by atoms with E-state index in [1.807, 2.05) is 54.7 Å². The first-order valence-electron chi connectivity index (χ1n) is 10.5. The maximum absolute atomic E-state index is 13.3. The molecule has 34 heavy (non-hydrogen) atoms. The first-order chi connectivity index (χ1) is 16.3. The number of rotatable bonds is 8. The predicted molar refractivity (Wildman–Crippen MR) is 140 cm³/mol. The summed E-state index contributed by atoms with van der Waals surface area (Å²) in [5, 5.41) is 6.51. The average Bonchev–Trinajstić information content (AvgIpc) is 3.26. The summed E-state index contributed by atoms with van der Waals surface area (Å²) >= 11 is 1.30. The fraction of sp³-hybridized carbons (Fsp3) is 0.120. The van der Waals surface area contributed by atoms with E-state index in [1.54, 1.807) is 30.3 Å². The van der Waals surface area contributed by atoms with Gasteiger partial charge in [0.2, 0.25) is 5.91 Å². The van der Waals surface area contributed by atoms with Crippen molar-refractivity contribution in [2.75, 3.05) is 29.0 Å². The zero-order valence-corrected chi connectivity index (χ0v) is 20.4. The minimum Gasteiger partial charge on any atom is -0.377 e. The Bertz CT molecular complexity index is 1480. The molecule has 0 aliphatic carbocycles. The van der Waals surface area contributed by atoms with Gasteiger partial charge < -0.3 is 10.2 Å². The van der Waals surface area contributed by atoms with E-state index >= 15 is 0 Å². The van der Waals surface area contributed by atoms with Crippen LogP contribution in [0, 0.1) is 0 Å². The number of aromatic nitrogens is 1. The van der Waals surface area contributed by atoms with Gasteiger partial charge in [0.05, 0.1) is 10.6 Å². The van der Waals surface area contributed by atoms with E-state index in [0.717, 1.165) is 16.6 Å². The topological polar surface area (TPSA) is 91.4 Å². The van der Waals surface area contributed by atoms with E-state index in [9.17, 15) is 13.2 Å². The molecule has 9 heteroatoms. The van der Waals surface area contributed by atoms with Crippen molar-refractivity contribution in [2.24, 2.45) is 0 Å². The second kappa shape index (κ2) is 9.66. The van der Waals surface area contributed by atoms with Gasteiger partial charge in [0.25, 0.3) is 10.0 Å². The Morgan fingerprint density at radius 1 is 1.09 bits per heavy atom. The number of hydrogen-bond donors (Lipinski definition) is 2. The molecule has 7 nitrogen and oxygen atoms in total. The highest BCUT2D eigenvalue weighted by Gasteiger charge is 2.19. The summed E-state index contributed by atoms with van der Waals surface area (Å²) in [6, 6.07) is 17.9. The van der Waals surface area contributed by atoms with Gasteiger partial charge in [0.1, 0.15) is 0 Å². The van der Waals surface area contributed by atoms with Gasteiger partial charge in [-0.2, -0.15) is 0 Å². The van der Waals surface area contributed by atoms with Crippen molar-refractivity contribution in [1.29, 1.82) is 0 Å². The number of benzene rings is 3. The number of thiazole rings is 1. The molecule has 0 fully saturated rings. The number of fused-ring (bicyclic) bond motifs is 1. The summed E-state index contributed by atoms with van der Waals surface area (Å²) in [5.41, 5.74) is 2.73.